The van der Waals surface area contributed by atoms with Crippen molar-refractivity contribution in [3.8, 4) is 5.75 Å². The molecule has 2 heterocycles. The number of carbonyl (C=O) groups is 1. The molecule has 0 aromatic heterocycles. The second kappa shape index (κ2) is 10.6. The maximum absolute atomic E-state index is 12.9. The van der Waals surface area contributed by atoms with E-state index in [4.69, 9.17) is 9.47 Å². The van der Waals surface area contributed by atoms with Crippen molar-refractivity contribution in [3.05, 3.63) is 65.2 Å². The van der Waals surface area contributed by atoms with E-state index in [1.165, 1.54) is 12.1 Å². The minimum Gasteiger partial charge on any atom is -0.491 e. The van der Waals surface area contributed by atoms with Crippen LogP contribution < -0.4 is 10.1 Å². The number of halogens is 3. The zero-order valence-electron chi connectivity index (χ0n) is 18.4. The predicted octanol–water partition coefficient (Wildman–Crippen LogP) is 4.66. The van der Waals surface area contributed by atoms with E-state index in [0.717, 1.165) is 51.4 Å². The zero-order valence-corrected chi connectivity index (χ0v) is 18.4. The summed E-state index contributed by atoms with van der Waals surface area (Å²) in [4.78, 5) is 14.7. The number of rotatable bonds is 7. The summed E-state index contributed by atoms with van der Waals surface area (Å²) in [6, 6.07) is 12.6. The Balaban J connectivity index is 1.21. The Morgan fingerprint density at radius 3 is 2.52 bits per heavy atom. The molecule has 0 bridgehead atoms. The van der Waals surface area contributed by atoms with Crippen LogP contribution in [-0.4, -0.2) is 49.3 Å². The molecule has 2 aliphatic rings. The third kappa shape index (κ3) is 6.71. The molecule has 178 valence electrons. The van der Waals surface area contributed by atoms with E-state index < -0.39 is 11.7 Å². The Kier molecular flexibility index (Phi) is 7.55. The molecule has 8 heteroatoms. The van der Waals surface area contributed by atoms with Crippen LogP contribution in [0.15, 0.2) is 48.5 Å². The van der Waals surface area contributed by atoms with E-state index in [-0.39, 0.29) is 18.1 Å². The van der Waals surface area contributed by atoms with Gasteiger partial charge in [0.15, 0.2) is 0 Å². The number of benzene rings is 2. The van der Waals surface area contributed by atoms with E-state index >= 15 is 0 Å². The van der Waals surface area contributed by atoms with Crippen molar-refractivity contribution < 1.29 is 27.4 Å². The minimum absolute atomic E-state index is 0.0469. The number of ether oxygens (including phenoxy) is 2. The number of hydrogen-bond acceptors (Lipinski definition) is 4. The van der Waals surface area contributed by atoms with Crippen molar-refractivity contribution in [2.45, 2.75) is 50.6 Å². The quantitative estimate of drug-likeness (QED) is 0.651. The lowest BCUT2D eigenvalue weighted by molar-refractivity contribution is -0.137. The maximum atomic E-state index is 12.9. The Labute approximate surface area is 191 Å². The molecule has 0 spiro atoms. The van der Waals surface area contributed by atoms with Crippen molar-refractivity contribution in [1.82, 2.24) is 10.2 Å². The second-order valence-corrected chi connectivity index (χ2v) is 8.69. The summed E-state index contributed by atoms with van der Waals surface area (Å²) in [6.07, 6.45) is -0.591. The first kappa shape index (κ1) is 23.6. The summed E-state index contributed by atoms with van der Waals surface area (Å²) < 4.78 is 50.0. The number of likely N-dealkylation sites (tertiary alicyclic amines) is 1. The predicted molar refractivity (Wildman–Crippen MR) is 118 cm³/mol. The lowest BCUT2D eigenvalue weighted by Crippen LogP contribution is -2.44. The standard InChI is InChI=1S/C25H29F3N2O3/c26-25(27,28)20-4-1-3-18(15-20)16-30-12-10-21(11-13-30)29-24(31)19-6-8-22(9-7-19)33-17-23-5-2-14-32-23/h1,3-4,6-9,15,21,23H,2,5,10-14,16-17H2,(H,29,31). The molecule has 1 unspecified atom stereocenters. The van der Waals surface area contributed by atoms with Gasteiger partial charge in [0, 0.05) is 37.8 Å². The fraction of sp³-hybridized carbons (Fsp3) is 0.480. The van der Waals surface area contributed by atoms with Gasteiger partial charge in [-0.25, -0.2) is 0 Å². The van der Waals surface area contributed by atoms with Gasteiger partial charge in [0.05, 0.1) is 11.7 Å². The maximum Gasteiger partial charge on any atom is 0.416 e. The molecule has 4 rings (SSSR count). The summed E-state index contributed by atoms with van der Waals surface area (Å²) >= 11 is 0. The summed E-state index contributed by atoms with van der Waals surface area (Å²) in [7, 11) is 0. The summed E-state index contributed by atoms with van der Waals surface area (Å²) in [5, 5.41) is 3.07. The molecule has 0 radical (unpaired) electrons. The molecular weight excluding hydrogens is 433 g/mol. The second-order valence-electron chi connectivity index (χ2n) is 8.69. The summed E-state index contributed by atoms with van der Waals surface area (Å²) in [6.45, 7) is 3.22. The van der Waals surface area contributed by atoms with E-state index in [9.17, 15) is 18.0 Å². The monoisotopic (exact) mass is 462 g/mol. The number of hydrogen-bond donors (Lipinski definition) is 1. The van der Waals surface area contributed by atoms with Crippen LogP contribution in [0.3, 0.4) is 0 Å². The molecule has 2 aromatic rings. The van der Waals surface area contributed by atoms with Crippen molar-refractivity contribution in [2.75, 3.05) is 26.3 Å². The Hall–Kier alpha value is -2.58. The van der Waals surface area contributed by atoms with Gasteiger partial charge in [-0.2, -0.15) is 13.2 Å². The Morgan fingerprint density at radius 1 is 1.09 bits per heavy atom. The average molecular weight is 463 g/mol. The van der Waals surface area contributed by atoms with Crippen LogP contribution in [0.5, 0.6) is 5.75 Å². The number of alkyl halides is 3. The van der Waals surface area contributed by atoms with Gasteiger partial charge in [0.1, 0.15) is 12.4 Å². The van der Waals surface area contributed by atoms with E-state index in [0.29, 0.717) is 30.0 Å². The molecule has 2 aromatic carbocycles. The topological polar surface area (TPSA) is 50.8 Å². The molecule has 2 saturated heterocycles. The van der Waals surface area contributed by atoms with Crippen LogP contribution in [0.4, 0.5) is 13.2 Å². The van der Waals surface area contributed by atoms with Gasteiger partial charge in [-0.1, -0.05) is 18.2 Å². The van der Waals surface area contributed by atoms with Crippen LogP contribution in [0.25, 0.3) is 0 Å². The van der Waals surface area contributed by atoms with Crippen molar-refractivity contribution >= 4 is 5.91 Å². The first-order valence-electron chi connectivity index (χ1n) is 11.4. The van der Waals surface area contributed by atoms with Crippen LogP contribution in [0.1, 0.15) is 47.2 Å². The number of nitrogens with one attached hydrogen (secondary N) is 1. The number of amides is 1. The fourth-order valence-electron chi connectivity index (χ4n) is 4.28. The van der Waals surface area contributed by atoms with Gasteiger partial charge in [0.2, 0.25) is 0 Å². The molecule has 5 nitrogen and oxygen atoms in total. The van der Waals surface area contributed by atoms with Gasteiger partial charge < -0.3 is 14.8 Å². The Bertz CT molecular complexity index is 919. The van der Waals surface area contributed by atoms with Gasteiger partial charge in [-0.3, -0.25) is 9.69 Å². The van der Waals surface area contributed by atoms with Crippen LogP contribution >= 0.6 is 0 Å². The summed E-state index contributed by atoms with van der Waals surface area (Å²) in [5.74, 6) is 0.585. The molecule has 0 aliphatic carbocycles. The molecule has 1 N–H and O–H groups in total. The van der Waals surface area contributed by atoms with Crippen LogP contribution in [-0.2, 0) is 17.5 Å². The fourth-order valence-corrected chi connectivity index (χ4v) is 4.28. The molecular formula is C25H29F3N2O3. The first-order valence-corrected chi connectivity index (χ1v) is 11.4. The van der Waals surface area contributed by atoms with Crippen molar-refractivity contribution in [2.24, 2.45) is 0 Å². The largest absolute Gasteiger partial charge is 0.491 e. The molecule has 2 aliphatic heterocycles. The molecule has 33 heavy (non-hydrogen) atoms. The van der Waals surface area contributed by atoms with Gasteiger partial charge in [0.25, 0.3) is 5.91 Å². The highest BCUT2D eigenvalue weighted by Crippen LogP contribution is 2.30. The van der Waals surface area contributed by atoms with Gasteiger partial charge in [-0.05, 0) is 61.6 Å². The molecule has 0 saturated carbocycles. The van der Waals surface area contributed by atoms with Crippen molar-refractivity contribution in [3.63, 3.8) is 0 Å². The van der Waals surface area contributed by atoms with Gasteiger partial charge in [-0.15, -0.1) is 0 Å². The zero-order chi connectivity index (χ0) is 23.3. The minimum atomic E-state index is -4.33. The lowest BCUT2D eigenvalue weighted by Gasteiger charge is -2.32. The number of nitrogens with zero attached hydrogens (tertiary/aromatic N) is 1. The van der Waals surface area contributed by atoms with E-state index in [1.807, 2.05) is 0 Å². The SMILES string of the molecule is O=C(NC1CCN(Cc2cccc(C(F)(F)F)c2)CC1)c1ccc(OCC2CCCO2)cc1. The first-order chi connectivity index (χ1) is 15.9. The number of carbonyl (C=O) groups excluding carboxylic acids is 1. The van der Waals surface area contributed by atoms with Crippen LogP contribution in [0, 0.1) is 0 Å². The van der Waals surface area contributed by atoms with Crippen LogP contribution in [0.2, 0.25) is 0 Å². The lowest BCUT2D eigenvalue weighted by atomic mass is 10.0. The smallest absolute Gasteiger partial charge is 0.416 e. The van der Waals surface area contributed by atoms with E-state index in [1.54, 1.807) is 30.3 Å². The Morgan fingerprint density at radius 2 is 1.85 bits per heavy atom. The third-order valence-electron chi connectivity index (χ3n) is 6.16. The molecule has 2 fully saturated rings. The summed E-state index contributed by atoms with van der Waals surface area (Å²) in [5.41, 5.74) is 0.602. The highest BCUT2D eigenvalue weighted by Gasteiger charge is 2.30. The molecule has 1 amide bonds. The van der Waals surface area contributed by atoms with Gasteiger partial charge >= 0.3 is 6.18 Å². The highest BCUT2D eigenvalue weighted by atomic mass is 19.4. The molecule has 1 atom stereocenters. The normalized spacial score (nSPS) is 20.0. The average Bonchev–Trinajstić information content (AvgIpc) is 3.33. The number of piperidine rings is 1. The third-order valence-corrected chi connectivity index (χ3v) is 6.16. The highest BCUT2D eigenvalue weighted by molar-refractivity contribution is 5.94. The van der Waals surface area contributed by atoms with E-state index in [2.05, 4.69) is 10.2 Å². The van der Waals surface area contributed by atoms with Crippen molar-refractivity contribution in [1.29, 1.82) is 0 Å².